The summed E-state index contributed by atoms with van der Waals surface area (Å²) in [6.45, 7) is 0. The van der Waals surface area contributed by atoms with Crippen molar-refractivity contribution in [2.45, 2.75) is 0 Å². The van der Waals surface area contributed by atoms with E-state index in [-0.39, 0.29) is 0 Å². The van der Waals surface area contributed by atoms with Gasteiger partial charge in [-0.05, 0) is 109 Å². The van der Waals surface area contributed by atoms with E-state index in [4.69, 9.17) is 0 Å². The minimum absolute atomic E-state index is 1.11. The summed E-state index contributed by atoms with van der Waals surface area (Å²) in [5, 5.41) is 10.1. The Morgan fingerprint density at radius 3 is 1.66 bits per heavy atom. The second kappa shape index (κ2) is 13.4. The van der Waals surface area contributed by atoms with E-state index in [2.05, 4.69) is 217 Å². The molecule has 0 saturated carbocycles. The first-order chi connectivity index (χ1) is 27.8. The molecule has 11 aromatic rings. The molecule has 1 nitrogen and oxygen atoms in total. The smallest absolute Gasteiger partial charge is 0.0555 e. The maximum atomic E-state index is 2.49. The van der Waals surface area contributed by atoms with Crippen LogP contribution in [-0.4, -0.2) is 0 Å². The lowest BCUT2D eigenvalue weighted by molar-refractivity contribution is 1.30. The van der Waals surface area contributed by atoms with Gasteiger partial charge in [0.15, 0.2) is 0 Å². The summed E-state index contributed by atoms with van der Waals surface area (Å²) in [7, 11) is 0. The highest BCUT2D eigenvalue weighted by Crippen LogP contribution is 2.49. The molecule has 0 bridgehead atoms. The molecule has 1 heterocycles. The van der Waals surface area contributed by atoms with E-state index < -0.39 is 0 Å². The van der Waals surface area contributed by atoms with Gasteiger partial charge in [-0.2, -0.15) is 0 Å². The molecule has 0 aliphatic rings. The summed E-state index contributed by atoms with van der Waals surface area (Å²) in [6.07, 6.45) is 0. The van der Waals surface area contributed by atoms with Crippen LogP contribution in [0.2, 0.25) is 0 Å². The van der Waals surface area contributed by atoms with E-state index in [9.17, 15) is 0 Å². The van der Waals surface area contributed by atoms with E-state index in [0.29, 0.717) is 0 Å². The molecule has 0 saturated heterocycles. The average molecular weight is 730 g/mol. The number of para-hydroxylation sites is 1. The first kappa shape index (κ1) is 32.4. The Bertz CT molecular complexity index is 3250. The van der Waals surface area contributed by atoms with Gasteiger partial charge in [-0.1, -0.05) is 164 Å². The Morgan fingerprint density at radius 2 is 0.875 bits per heavy atom. The highest BCUT2D eigenvalue weighted by molar-refractivity contribution is 7.26. The van der Waals surface area contributed by atoms with Gasteiger partial charge in [-0.3, -0.25) is 0 Å². The van der Waals surface area contributed by atoms with Crippen LogP contribution in [0.15, 0.2) is 212 Å². The van der Waals surface area contributed by atoms with Crippen molar-refractivity contribution in [1.82, 2.24) is 0 Å². The SMILES string of the molecule is c1ccc(-c2ccc(N(c3ccccc3-c3ccccc3-c3cc4ccccc4c4ccccc34)c3cccc4sc5cc6ccccc6cc5c34)cc2)cc1. The number of anilines is 3. The predicted octanol–water partition coefficient (Wildman–Crippen LogP) is 16.0. The standard InChI is InChI=1S/C54H35NS/c1-2-15-36(16-3-1)37-29-31-41(32-30-37)55(51-27-14-28-52-54(51)49-33-38-17-4-5-18-39(38)35-53(49)56-52)50-26-13-12-25-47(50)44-22-9-11-24-46(44)48-34-40-19-6-7-20-42(40)43-21-8-10-23-45(43)48/h1-35H. The number of hydrogen-bond acceptors (Lipinski definition) is 2. The second-order valence-corrected chi connectivity index (χ2v) is 15.5. The van der Waals surface area contributed by atoms with Crippen LogP contribution < -0.4 is 4.90 Å². The maximum Gasteiger partial charge on any atom is 0.0555 e. The van der Waals surface area contributed by atoms with Gasteiger partial charge in [0.2, 0.25) is 0 Å². The Labute approximate surface area is 330 Å². The Hall–Kier alpha value is -7.00. The third-order valence-electron chi connectivity index (χ3n) is 11.2. The van der Waals surface area contributed by atoms with E-state index in [0.717, 1.165) is 17.1 Å². The monoisotopic (exact) mass is 729 g/mol. The van der Waals surface area contributed by atoms with Gasteiger partial charge in [-0.15, -0.1) is 11.3 Å². The van der Waals surface area contributed by atoms with Crippen LogP contribution in [0.25, 0.3) is 85.9 Å². The molecule has 262 valence electrons. The zero-order valence-electron chi connectivity index (χ0n) is 30.6. The Kier molecular flexibility index (Phi) is 7.75. The molecular weight excluding hydrogens is 695 g/mol. The minimum Gasteiger partial charge on any atom is -0.309 e. The van der Waals surface area contributed by atoms with Crippen LogP contribution in [0.4, 0.5) is 17.1 Å². The fourth-order valence-electron chi connectivity index (χ4n) is 8.65. The largest absolute Gasteiger partial charge is 0.309 e. The van der Waals surface area contributed by atoms with Crippen molar-refractivity contribution in [3.05, 3.63) is 212 Å². The number of hydrogen-bond donors (Lipinski definition) is 0. The number of rotatable bonds is 6. The average Bonchev–Trinajstić information content (AvgIpc) is 3.64. The van der Waals surface area contributed by atoms with Gasteiger partial charge in [0.25, 0.3) is 0 Å². The van der Waals surface area contributed by atoms with Crippen molar-refractivity contribution in [3.8, 4) is 33.4 Å². The van der Waals surface area contributed by atoms with Crippen molar-refractivity contribution in [3.63, 3.8) is 0 Å². The lowest BCUT2D eigenvalue weighted by Gasteiger charge is -2.29. The first-order valence-electron chi connectivity index (χ1n) is 19.2. The lowest BCUT2D eigenvalue weighted by atomic mass is 9.88. The van der Waals surface area contributed by atoms with Gasteiger partial charge >= 0.3 is 0 Å². The van der Waals surface area contributed by atoms with Gasteiger partial charge in [0.1, 0.15) is 0 Å². The van der Waals surface area contributed by atoms with Crippen molar-refractivity contribution in [2.24, 2.45) is 0 Å². The molecular formula is C54H35NS. The highest BCUT2D eigenvalue weighted by Gasteiger charge is 2.23. The van der Waals surface area contributed by atoms with E-state index in [1.807, 2.05) is 11.3 Å². The number of nitrogens with zero attached hydrogens (tertiary/aromatic N) is 1. The van der Waals surface area contributed by atoms with E-state index >= 15 is 0 Å². The summed E-state index contributed by atoms with van der Waals surface area (Å²) < 4.78 is 2.58. The molecule has 56 heavy (non-hydrogen) atoms. The quantitative estimate of drug-likeness (QED) is 0.154. The Balaban J connectivity index is 1.17. The topological polar surface area (TPSA) is 3.24 Å². The van der Waals surface area contributed by atoms with Crippen LogP contribution in [-0.2, 0) is 0 Å². The molecule has 11 rings (SSSR count). The van der Waals surface area contributed by atoms with E-state index in [1.54, 1.807) is 0 Å². The third kappa shape index (κ3) is 5.38. The summed E-state index contributed by atoms with van der Waals surface area (Å²) in [5.74, 6) is 0. The molecule has 1 aromatic heterocycles. The lowest BCUT2D eigenvalue weighted by Crippen LogP contribution is -2.11. The van der Waals surface area contributed by atoms with Crippen molar-refractivity contribution < 1.29 is 0 Å². The van der Waals surface area contributed by atoms with Gasteiger partial charge < -0.3 is 4.90 Å². The molecule has 0 N–H and O–H groups in total. The third-order valence-corrected chi connectivity index (χ3v) is 12.4. The normalized spacial score (nSPS) is 11.6. The maximum absolute atomic E-state index is 2.49. The van der Waals surface area contributed by atoms with Crippen LogP contribution in [0.3, 0.4) is 0 Å². The molecule has 2 heteroatoms. The second-order valence-electron chi connectivity index (χ2n) is 14.4. The molecule has 0 amide bonds. The van der Waals surface area contributed by atoms with Crippen molar-refractivity contribution >= 4 is 80.9 Å². The van der Waals surface area contributed by atoms with Crippen LogP contribution >= 0.6 is 11.3 Å². The Morgan fingerprint density at radius 1 is 0.304 bits per heavy atom. The predicted molar refractivity (Wildman–Crippen MR) is 243 cm³/mol. The summed E-state index contributed by atoms with van der Waals surface area (Å²) in [6, 6.07) is 77.8. The van der Waals surface area contributed by atoms with Crippen LogP contribution in [0.1, 0.15) is 0 Å². The summed E-state index contributed by atoms with van der Waals surface area (Å²) in [5.41, 5.74) is 10.6. The molecule has 0 spiro atoms. The fourth-order valence-corrected chi connectivity index (χ4v) is 9.80. The van der Waals surface area contributed by atoms with Gasteiger partial charge in [0.05, 0.1) is 11.4 Å². The highest BCUT2D eigenvalue weighted by atomic mass is 32.1. The molecule has 0 radical (unpaired) electrons. The van der Waals surface area contributed by atoms with Crippen molar-refractivity contribution in [1.29, 1.82) is 0 Å². The zero-order valence-corrected chi connectivity index (χ0v) is 31.4. The number of benzene rings is 10. The molecule has 0 atom stereocenters. The molecule has 0 fully saturated rings. The number of fused-ring (bicyclic) bond motifs is 7. The van der Waals surface area contributed by atoms with Gasteiger partial charge in [-0.25, -0.2) is 0 Å². The molecule has 0 aliphatic carbocycles. The molecule has 10 aromatic carbocycles. The number of thiophene rings is 1. The zero-order chi connectivity index (χ0) is 37.0. The summed E-state index contributed by atoms with van der Waals surface area (Å²) >= 11 is 1.87. The first-order valence-corrected chi connectivity index (χ1v) is 20.0. The van der Waals surface area contributed by atoms with Gasteiger partial charge in [0, 0.05) is 31.4 Å². The van der Waals surface area contributed by atoms with Crippen LogP contribution in [0, 0.1) is 0 Å². The fraction of sp³-hybridized carbons (Fsp3) is 0. The van der Waals surface area contributed by atoms with Crippen LogP contribution in [0.5, 0.6) is 0 Å². The summed E-state index contributed by atoms with van der Waals surface area (Å²) in [4.78, 5) is 2.49. The molecule has 0 aliphatic heterocycles. The van der Waals surface area contributed by atoms with Crippen molar-refractivity contribution in [2.75, 3.05) is 4.90 Å². The minimum atomic E-state index is 1.11. The van der Waals surface area contributed by atoms with E-state index in [1.165, 1.54) is 85.9 Å². The molecule has 0 unspecified atom stereocenters.